The number of hydrogen-bond acceptors (Lipinski definition) is 3. The van der Waals surface area contributed by atoms with Crippen molar-refractivity contribution in [1.82, 2.24) is 15.1 Å². The number of aromatic nitrogens is 2. The first-order chi connectivity index (χ1) is 11.4. The van der Waals surface area contributed by atoms with Crippen LogP contribution in [0, 0.1) is 19.8 Å². The van der Waals surface area contributed by atoms with E-state index in [1.165, 1.54) is 5.56 Å². The Balaban J connectivity index is 1.71. The van der Waals surface area contributed by atoms with E-state index in [0.717, 1.165) is 24.2 Å². The van der Waals surface area contributed by atoms with E-state index in [4.69, 9.17) is 0 Å². The number of nitrogens with one attached hydrogen (secondary N) is 2. The molecule has 0 radical (unpaired) electrons. The number of aliphatic hydroxyl groups excluding tert-OH is 1. The molecule has 3 N–H and O–H groups in total. The number of anilines is 1. The van der Waals surface area contributed by atoms with Crippen molar-refractivity contribution in [3.05, 3.63) is 41.6 Å². The Bertz CT molecular complexity index is 734. The lowest BCUT2D eigenvalue weighted by atomic mass is 9.97. The van der Waals surface area contributed by atoms with Gasteiger partial charge in [0, 0.05) is 11.8 Å². The fourth-order valence-corrected chi connectivity index (χ4v) is 2.88. The lowest BCUT2D eigenvalue weighted by Gasteiger charge is -2.28. The van der Waals surface area contributed by atoms with Crippen molar-refractivity contribution in [2.24, 2.45) is 5.92 Å². The van der Waals surface area contributed by atoms with E-state index in [-0.39, 0.29) is 12.6 Å². The maximum Gasteiger partial charge on any atom is 0.320 e. The SMILES string of the molecule is Cc1ccc(-n2nc(NC(=O)NC(C)(CO)C3CC3)cc2C)cc1. The zero-order chi connectivity index (χ0) is 17.3. The van der Waals surface area contributed by atoms with Gasteiger partial charge in [-0.1, -0.05) is 17.7 Å². The number of amides is 2. The number of rotatable bonds is 5. The number of hydrogen-bond donors (Lipinski definition) is 3. The molecule has 1 saturated carbocycles. The van der Waals surface area contributed by atoms with Crippen LogP contribution in [0.1, 0.15) is 31.0 Å². The van der Waals surface area contributed by atoms with Crippen molar-refractivity contribution in [2.45, 2.75) is 39.2 Å². The molecule has 128 valence electrons. The minimum atomic E-state index is -0.571. The summed E-state index contributed by atoms with van der Waals surface area (Å²) in [4.78, 5) is 12.2. The highest BCUT2D eigenvalue weighted by Crippen LogP contribution is 2.39. The predicted molar refractivity (Wildman–Crippen MR) is 93.4 cm³/mol. The Labute approximate surface area is 141 Å². The zero-order valence-corrected chi connectivity index (χ0v) is 14.3. The normalized spacial score (nSPS) is 16.5. The van der Waals surface area contributed by atoms with E-state index < -0.39 is 5.54 Å². The fourth-order valence-electron chi connectivity index (χ4n) is 2.88. The second-order valence-corrected chi connectivity index (χ2v) is 6.85. The molecule has 1 heterocycles. The first-order valence-corrected chi connectivity index (χ1v) is 8.25. The van der Waals surface area contributed by atoms with E-state index in [1.807, 2.05) is 51.1 Å². The molecule has 1 aliphatic rings. The van der Waals surface area contributed by atoms with E-state index in [9.17, 15) is 9.90 Å². The maximum absolute atomic E-state index is 12.2. The van der Waals surface area contributed by atoms with Gasteiger partial charge in [0.05, 0.1) is 17.8 Å². The Morgan fingerprint density at radius 2 is 2.00 bits per heavy atom. The van der Waals surface area contributed by atoms with Gasteiger partial charge in [-0.3, -0.25) is 5.32 Å². The molecule has 2 aromatic rings. The molecule has 6 nitrogen and oxygen atoms in total. The summed E-state index contributed by atoms with van der Waals surface area (Å²) in [7, 11) is 0. The van der Waals surface area contributed by atoms with Gasteiger partial charge in [-0.15, -0.1) is 5.10 Å². The van der Waals surface area contributed by atoms with Crippen molar-refractivity contribution in [3.63, 3.8) is 0 Å². The van der Waals surface area contributed by atoms with E-state index in [2.05, 4.69) is 15.7 Å². The molecule has 3 rings (SSSR count). The number of urea groups is 1. The average Bonchev–Trinajstić information content (AvgIpc) is 3.33. The van der Waals surface area contributed by atoms with Crippen molar-refractivity contribution >= 4 is 11.8 Å². The van der Waals surface area contributed by atoms with Crippen LogP contribution in [0.4, 0.5) is 10.6 Å². The Kier molecular flexibility index (Phi) is 4.32. The van der Waals surface area contributed by atoms with Gasteiger partial charge in [0.2, 0.25) is 0 Å². The van der Waals surface area contributed by atoms with Crippen LogP contribution in [0.15, 0.2) is 30.3 Å². The third-order valence-corrected chi connectivity index (χ3v) is 4.61. The summed E-state index contributed by atoms with van der Waals surface area (Å²) in [5.41, 5.74) is 2.49. The van der Waals surface area contributed by atoms with Crippen LogP contribution < -0.4 is 10.6 Å². The summed E-state index contributed by atoms with van der Waals surface area (Å²) in [6, 6.07) is 9.53. The van der Waals surface area contributed by atoms with Crippen LogP contribution in [0.5, 0.6) is 0 Å². The van der Waals surface area contributed by atoms with Crippen molar-refractivity contribution in [2.75, 3.05) is 11.9 Å². The predicted octanol–water partition coefficient (Wildman–Crippen LogP) is 2.77. The van der Waals surface area contributed by atoms with Gasteiger partial charge in [-0.2, -0.15) is 0 Å². The second-order valence-electron chi connectivity index (χ2n) is 6.85. The fraction of sp³-hybridized carbons (Fsp3) is 0.444. The number of aryl methyl sites for hydroxylation is 2. The Morgan fingerprint density at radius 3 is 2.58 bits per heavy atom. The third-order valence-electron chi connectivity index (χ3n) is 4.61. The van der Waals surface area contributed by atoms with Gasteiger partial charge < -0.3 is 10.4 Å². The molecule has 1 aromatic heterocycles. The molecule has 1 unspecified atom stereocenters. The summed E-state index contributed by atoms with van der Waals surface area (Å²) in [6.07, 6.45) is 2.08. The lowest BCUT2D eigenvalue weighted by molar-refractivity contribution is 0.159. The van der Waals surface area contributed by atoms with Gasteiger partial charge >= 0.3 is 6.03 Å². The van der Waals surface area contributed by atoms with Gasteiger partial charge in [-0.25, -0.2) is 9.48 Å². The molecule has 2 amide bonds. The number of nitrogens with zero attached hydrogens (tertiary/aromatic N) is 2. The quantitative estimate of drug-likeness (QED) is 0.789. The van der Waals surface area contributed by atoms with Crippen LogP contribution in [0.2, 0.25) is 0 Å². The molecule has 1 fully saturated rings. The highest BCUT2D eigenvalue weighted by molar-refractivity contribution is 5.88. The topological polar surface area (TPSA) is 79.2 Å². The molecular formula is C18H24N4O2. The second kappa shape index (κ2) is 6.28. The summed E-state index contributed by atoms with van der Waals surface area (Å²) in [6.45, 7) is 5.79. The first kappa shape index (κ1) is 16.5. The van der Waals surface area contributed by atoms with Crippen LogP contribution in [0.25, 0.3) is 5.69 Å². The van der Waals surface area contributed by atoms with Gasteiger partial charge in [-0.05, 0) is 51.7 Å². The number of carbonyl (C=O) groups is 1. The summed E-state index contributed by atoms with van der Waals surface area (Å²) < 4.78 is 1.79. The monoisotopic (exact) mass is 328 g/mol. The van der Waals surface area contributed by atoms with Crippen molar-refractivity contribution < 1.29 is 9.90 Å². The number of carbonyl (C=O) groups excluding carboxylic acids is 1. The smallest absolute Gasteiger partial charge is 0.320 e. The zero-order valence-electron chi connectivity index (χ0n) is 14.3. The summed E-state index contributed by atoms with van der Waals surface area (Å²) in [5.74, 6) is 0.835. The van der Waals surface area contributed by atoms with Crippen LogP contribution in [-0.4, -0.2) is 33.1 Å². The molecule has 0 aliphatic heterocycles. The van der Waals surface area contributed by atoms with Crippen LogP contribution >= 0.6 is 0 Å². The van der Waals surface area contributed by atoms with Gasteiger partial charge in [0.1, 0.15) is 0 Å². The highest BCUT2D eigenvalue weighted by Gasteiger charge is 2.42. The van der Waals surface area contributed by atoms with Gasteiger partial charge in [0.25, 0.3) is 0 Å². The van der Waals surface area contributed by atoms with E-state index in [1.54, 1.807) is 4.68 Å². The number of benzene rings is 1. The minimum absolute atomic E-state index is 0.0675. The van der Waals surface area contributed by atoms with Crippen molar-refractivity contribution in [3.8, 4) is 5.69 Å². The molecule has 0 saturated heterocycles. The molecule has 6 heteroatoms. The molecule has 0 bridgehead atoms. The lowest BCUT2D eigenvalue weighted by Crippen LogP contribution is -2.52. The minimum Gasteiger partial charge on any atom is -0.394 e. The average molecular weight is 328 g/mol. The third kappa shape index (κ3) is 3.43. The highest BCUT2D eigenvalue weighted by atomic mass is 16.3. The Morgan fingerprint density at radius 1 is 1.33 bits per heavy atom. The summed E-state index contributed by atoms with van der Waals surface area (Å²) in [5, 5.41) is 19.7. The molecule has 24 heavy (non-hydrogen) atoms. The largest absolute Gasteiger partial charge is 0.394 e. The van der Waals surface area contributed by atoms with E-state index >= 15 is 0 Å². The summed E-state index contributed by atoms with van der Waals surface area (Å²) >= 11 is 0. The van der Waals surface area contributed by atoms with E-state index in [0.29, 0.717) is 11.7 Å². The molecule has 1 aromatic carbocycles. The molecule has 0 spiro atoms. The Hall–Kier alpha value is -2.34. The first-order valence-electron chi connectivity index (χ1n) is 8.25. The van der Waals surface area contributed by atoms with Crippen molar-refractivity contribution in [1.29, 1.82) is 0 Å². The molecule has 1 aliphatic carbocycles. The standard InChI is InChI=1S/C18H24N4O2/c1-12-4-8-15(9-5-12)22-13(2)10-16(21-22)19-17(24)20-18(3,11-23)14-6-7-14/h4-5,8-10,14,23H,6-7,11H2,1-3H3,(H2,19,20,21,24). The van der Waals surface area contributed by atoms with Crippen LogP contribution in [0.3, 0.4) is 0 Å². The van der Waals surface area contributed by atoms with Crippen LogP contribution in [-0.2, 0) is 0 Å². The molecular weight excluding hydrogens is 304 g/mol. The molecule has 1 atom stereocenters. The maximum atomic E-state index is 12.2. The number of aliphatic hydroxyl groups is 1. The van der Waals surface area contributed by atoms with Gasteiger partial charge in [0.15, 0.2) is 5.82 Å².